The zero-order valence-electron chi connectivity index (χ0n) is 8.39. The van der Waals surface area contributed by atoms with E-state index in [0.29, 0.717) is 0 Å². The van der Waals surface area contributed by atoms with E-state index in [2.05, 4.69) is 19.2 Å². The summed E-state index contributed by atoms with van der Waals surface area (Å²) in [6, 6.07) is 0.0625. The van der Waals surface area contributed by atoms with Gasteiger partial charge >= 0.3 is 6.03 Å². The molecular formula is C9H22N2O. The van der Waals surface area contributed by atoms with Crippen LogP contribution in [-0.2, 0) is 0 Å². The predicted octanol–water partition coefficient (Wildman–Crippen LogP) is 2.08. The lowest BCUT2D eigenvalue weighted by Crippen LogP contribution is -2.34. The fraction of sp³-hybridized carbons (Fsp3) is 0.889. The zero-order valence-corrected chi connectivity index (χ0v) is 8.39. The molecule has 0 aliphatic carbocycles. The van der Waals surface area contributed by atoms with Gasteiger partial charge in [0.15, 0.2) is 0 Å². The number of nitrogens with one attached hydrogen (secondary N) is 1. The third-order valence-electron chi connectivity index (χ3n) is 1.54. The van der Waals surface area contributed by atoms with Crippen molar-refractivity contribution in [2.45, 2.75) is 33.1 Å². The second kappa shape index (κ2) is 6.95. The third kappa shape index (κ3) is 4.99. The molecule has 0 bridgehead atoms. The number of urea groups is 1. The Bertz CT molecular complexity index is 131. The zero-order chi connectivity index (χ0) is 9.40. The summed E-state index contributed by atoms with van der Waals surface area (Å²) >= 11 is 0. The highest BCUT2D eigenvalue weighted by molar-refractivity contribution is 5.73. The summed E-state index contributed by atoms with van der Waals surface area (Å²) in [4.78, 5) is 12.5. The smallest absolute Gasteiger partial charge is 0.317 e. The molecular weight excluding hydrogens is 152 g/mol. The van der Waals surface area contributed by atoms with Gasteiger partial charge in [-0.05, 0) is 12.8 Å². The van der Waals surface area contributed by atoms with E-state index in [4.69, 9.17) is 0 Å². The molecule has 0 radical (unpaired) electrons. The molecule has 2 amide bonds. The van der Waals surface area contributed by atoms with E-state index < -0.39 is 0 Å². The van der Waals surface area contributed by atoms with E-state index in [9.17, 15) is 4.79 Å². The van der Waals surface area contributed by atoms with Crippen molar-refractivity contribution in [1.29, 1.82) is 0 Å². The van der Waals surface area contributed by atoms with Gasteiger partial charge in [0.2, 0.25) is 0 Å². The molecule has 1 heterocycles. The van der Waals surface area contributed by atoms with Crippen molar-refractivity contribution < 1.29 is 6.22 Å². The van der Waals surface area contributed by atoms with Crippen LogP contribution in [0.4, 0.5) is 4.79 Å². The molecule has 0 aromatic heterocycles. The minimum absolute atomic E-state index is 0. The molecule has 1 saturated heterocycles. The highest BCUT2D eigenvalue weighted by Crippen LogP contribution is 1.96. The largest absolute Gasteiger partial charge is 0.338 e. The normalized spacial score (nSPS) is 17.2. The van der Waals surface area contributed by atoms with Crippen LogP contribution in [0.2, 0.25) is 0 Å². The highest BCUT2D eigenvalue weighted by atomic mass is 16.2. The lowest BCUT2D eigenvalue weighted by molar-refractivity contribution is 0.213. The fourth-order valence-corrected chi connectivity index (χ4v) is 0.906. The number of hydrogen-bond donors (Lipinski definition) is 1. The molecule has 0 saturated carbocycles. The molecule has 1 aliphatic heterocycles. The maximum Gasteiger partial charge on any atom is 0.317 e. The first-order chi connectivity index (χ1) is 5.72. The van der Waals surface area contributed by atoms with Gasteiger partial charge in [0, 0.05) is 21.6 Å². The quantitative estimate of drug-likeness (QED) is 0.599. The lowest BCUT2D eigenvalue weighted by atomic mass is 10.3. The summed E-state index contributed by atoms with van der Waals surface area (Å²) in [5.74, 6) is 0. The Balaban J connectivity index is 0. The van der Waals surface area contributed by atoms with E-state index in [1.165, 1.54) is 6.42 Å². The molecule has 0 atom stereocenters. The molecule has 3 nitrogen and oxygen atoms in total. The number of nitrogens with zero attached hydrogens (tertiary/aromatic N) is 1. The summed E-state index contributed by atoms with van der Waals surface area (Å²) in [5.41, 5.74) is 0. The number of amides is 2. The van der Waals surface area contributed by atoms with Crippen LogP contribution in [-0.4, -0.2) is 31.1 Å². The number of carbonyl (C=O) groups is 1. The minimum Gasteiger partial charge on any atom is -0.338 e. The molecule has 1 aliphatic rings. The Morgan fingerprint density at radius 2 is 2.08 bits per heavy atom. The van der Waals surface area contributed by atoms with Crippen LogP contribution in [0.5, 0.6) is 0 Å². The van der Waals surface area contributed by atoms with Crippen molar-refractivity contribution in [1.82, 2.24) is 10.2 Å². The molecule has 74 valence electrons. The first-order valence-corrected chi connectivity index (χ1v) is 4.71. The predicted molar refractivity (Wildman–Crippen MR) is 53.3 cm³/mol. The molecule has 1 rings (SSSR count). The summed E-state index contributed by atoms with van der Waals surface area (Å²) in [6.07, 6.45) is 3.48. The Hall–Kier alpha value is -0.730. The van der Waals surface area contributed by atoms with Crippen LogP contribution in [0.1, 0.15) is 34.5 Å². The first-order valence-electron chi connectivity index (χ1n) is 4.71. The van der Waals surface area contributed by atoms with Gasteiger partial charge in [-0.1, -0.05) is 20.3 Å². The molecule has 3 heteroatoms. The molecule has 0 aromatic rings. The molecule has 12 heavy (non-hydrogen) atoms. The van der Waals surface area contributed by atoms with Gasteiger partial charge in [-0.2, -0.15) is 0 Å². The second-order valence-electron chi connectivity index (χ2n) is 3.07. The van der Waals surface area contributed by atoms with Crippen molar-refractivity contribution in [3.63, 3.8) is 0 Å². The minimum atomic E-state index is 0. The average molecular weight is 174 g/mol. The van der Waals surface area contributed by atoms with Crippen LogP contribution in [0.25, 0.3) is 0 Å². The second-order valence-corrected chi connectivity index (χ2v) is 3.07. The third-order valence-corrected chi connectivity index (χ3v) is 1.54. The fourth-order valence-electron chi connectivity index (χ4n) is 0.906. The Kier molecular flexibility index (Phi) is 6.53. The van der Waals surface area contributed by atoms with Crippen molar-refractivity contribution in [2.75, 3.05) is 20.1 Å². The van der Waals surface area contributed by atoms with E-state index in [0.717, 1.165) is 25.9 Å². The van der Waals surface area contributed by atoms with Gasteiger partial charge in [-0.15, -0.1) is 0 Å². The van der Waals surface area contributed by atoms with Gasteiger partial charge < -0.3 is 10.2 Å². The van der Waals surface area contributed by atoms with Gasteiger partial charge in [0.1, 0.15) is 0 Å². The summed E-state index contributed by atoms with van der Waals surface area (Å²) in [6.45, 7) is 5.98. The molecule has 0 aromatic carbocycles. The number of rotatable bonds is 0. The van der Waals surface area contributed by atoms with Crippen LogP contribution < -0.4 is 5.32 Å². The van der Waals surface area contributed by atoms with E-state index in [-0.39, 0.29) is 7.46 Å². The van der Waals surface area contributed by atoms with Gasteiger partial charge in [-0.3, -0.25) is 0 Å². The lowest BCUT2D eigenvalue weighted by Gasteiger charge is -2.12. The highest BCUT2D eigenvalue weighted by Gasteiger charge is 2.09. The summed E-state index contributed by atoms with van der Waals surface area (Å²) < 4.78 is 0. The van der Waals surface area contributed by atoms with Crippen LogP contribution in [0, 0.1) is 0 Å². The van der Waals surface area contributed by atoms with E-state index in [1.807, 2.05) is 7.05 Å². The van der Waals surface area contributed by atoms with E-state index in [1.54, 1.807) is 4.90 Å². The van der Waals surface area contributed by atoms with Crippen molar-refractivity contribution in [2.24, 2.45) is 0 Å². The average Bonchev–Trinajstić information content (AvgIpc) is 2.19. The van der Waals surface area contributed by atoms with Crippen molar-refractivity contribution in [3.8, 4) is 0 Å². The number of hydrogen-bond acceptors (Lipinski definition) is 1. The molecule has 0 unspecified atom stereocenters. The SMILES string of the molecule is CCC.CN1CCCCNC1=O.[HH]. The van der Waals surface area contributed by atoms with Crippen LogP contribution in [0.15, 0.2) is 0 Å². The molecule has 1 N–H and O–H groups in total. The maximum absolute atomic E-state index is 10.8. The first kappa shape index (κ1) is 11.3. The topological polar surface area (TPSA) is 32.3 Å². The molecule has 1 fully saturated rings. The van der Waals surface area contributed by atoms with Crippen LogP contribution in [0.3, 0.4) is 0 Å². The Morgan fingerprint density at radius 3 is 2.67 bits per heavy atom. The Morgan fingerprint density at radius 1 is 1.50 bits per heavy atom. The van der Waals surface area contributed by atoms with Gasteiger partial charge in [-0.25, -0.2) is 4.79 Å². The standard InChI is InChI=1S/C6H12N2O.C3H8.H2/c1-8-5-3-2-4-7-6(8)9;1-3-2;/h2-5H2,1H3,(H,7,9);3H2,1-2H3;1H. The van der Waals surface area contributed by atoms with Crippen molar-refractivity contribution in [3.05, 3.63) is 0 Å². The number of carbonyl (C=O) groups excluding carboxylic acids is 1. The van der Waals surface area contributed by atoms with Gasteiger partial charge in [0.25, 0.3) is 0 Å². The van der Waals surface area contributed by atoms with Crippen molar-refractivity contribution >= 4 is 6.03 Å². The summed E-state index contributed by atoms with van der Waals surface area (Å²) in [5, 5.41) is 2.78. The van der Waals surface area contributed by atoms with Crippen LogP contribution >= 0.6 is 0 Å². The van der Waals surface area contributed by atoms with E-state index >= 15 is 0 Å². The Labute approximate surface area is 76.6 Å². The molecule has 0 spiro atoms. The summed E-state index contributed by atoms with van der Waals surface area (Å²) in [7, 11) is 1.82. The van der Waals surface area contributed by atoms with Gasteiger partial charge in [0.05, 0.1) is 0 Å². The monoisotopic (exact) mass is 174 g/mol. The maximum atomic E-state index is 10.8.